The summed E-state index contributed by atoms with van der Waals surface area (Å²) in [7, 11) is 0. The minimum Gasteiger partial charge on any atom is -0.490 e. The summed E-state index contributed by atoms with van der Waals surface area (Å²) in [4.78, 5) is 34.9. The fourth-order valence-corrected chi connectivity index (χ4v) is 6.71. The number of piperidine rings is 1. The molecule has 0 N–H and O–H groups in total. The van der Waals surface area contributed by atoms with Gasteiger partial charge in [0.2, 0.25) is 0 Å². The van der Waals surface area contributed by atoms with Crippen molar-refractivity contribution in [3.8, 4) is 22.1 Å². The van der Waals surface area contributed by atoms with Crippen LogP contribution in [-0.4, -0.2) is 47.8 Å². The van der Waals surface area contributed by atoms with Crippen molar-refractivity contribution in [3.63, 3.8) is 0 Å². The number of hydrogen-bond acceptors (Lipinski definition) is 8. The lowest BCUT2D eigenvalue weighted by Crippen LogP contribution is -2.50. The van der Waals surface area contributed by atoms with Gasteiger partial charge in [-0.15, -0.1) is 11.3 Å². The number of anilines is 1. The van der Waals surface area contributed by atoms with Crippen LogP contribution in [0.25, 0.3) is 10.6 Å². The first-order chi connectivity index (χ1) is 17.5. The number of thiazole rings is 1. The lowest BCUT2D eigenvalue weighted by atomic mass is 9.86. The zero-order chi connectivity index (χ0) is 24.8. The molecular formula is C28H33N3O4S. The van der Waals surface area contributed by atoms with Crippen LogP contribution in [-0.2, 0) is 13.0 Å². The summed E-state index contributed by atoms with van der Waals surface area (Å²) in [6.07, 6.45) is 7.24. The summed E-state index contributed by atoms with van der Waals surface area (Å²) in [5, 5.41) is 0.978. The van der Waals surface area contributed by atoms with Gasteiger partial charge in [-0.05, 0) is 64.0 Å². The third kappa shape index (κ3) is 4.45. The number of aromatic nitrogens is 1. The molecule has 1 saturated heterocycles. The van der Waals surface area contributed by atoms with Gasteiger partial charge >= 0.3 is 0 Å². The summed E-state index contributed by atoms with van der Waals surface area (Å²) >= 11 is 1.65. The van der Waals surface area contributed by atoms with Crippen LogP contribution in [0.3, 0.4) is 0 Å². The summed E-state index contributed by atoms with van der Waals surface area (Å²) in [6.45, 7) is 7.45. The van der Waals surface area contributed by atoms with Gasteiger partial charge in [0, 0.05) is 42.3 Å². The third-order valence-corrected chi connectivity index (χ3v) is 8.76. The molecule has 0 radical (unpaired) electrons. The molecule has 0 unspecified atom stereocenters. The topological polar surface area (TPSA) is 72.0 Å². The average molecular weight is 508 g/mol. The largest absolute Gasteiger partial charge is 0.490 e. The molecule has 0 bridgehead atoms. The highest BCUT2D eigenvalue weighted by Crippen LogP contribution is 2.36. The van der Waals surface area contributed by atoms with E-state index in [1.54, 1.807) is 11.3 Å². The molecular weight excluding hydrogens is 474 g/mol. The van der Waals surface area contributed by atoms with Gasteiger partial charge in [0.1, 0.15) is 22.5 Å². The van der Waals surface area contributed by atoms with Crippen LogP contribution in [0.2, 0.25) is 0 Å². The molecule has 36 heavy (non-hydrogen) atoms. The summed E-state index contributed by atoms with van der Waals surface area (Å²) in [5.74, 6) is 1.14. The lowest BCUT2D eigenvalue weighted by molar-refractivity contribution is 0.00893. The van der Waals surface area contributed by atoms with E-state index in [9.17, 15) is 9.59 Å². The highest BCUT2D eigenvalue weighted by atomic mass is 32.1. The Hall–Kier alpha value is -2.71. The Bertz CT molecular complexity index is 1300. The number of likely N-dealkylation sites (tertiary alicyclic amines) is 1. The van der Waals surface area contributed by atoms with Crippen LogP contribution in [0, 0.1) is 0 Å². The molecule has 2 aliphatic heterocycles. The maximum absolute atomic E-state index is 12.3. The van der Waals surface area contributed by atoms with Crippen LogP contribution >= 0.6 is 11.3 Å². The smallest absolute Gasteiger partial charge is 0.272 e. The fourth-order valence-electron chi connectivity index (χ4n) is 5.59. The van der Waals surface area contributed by atoms with E-state index in [0.29, 0.717) is 30.9 Å². The second-order valence-electron chi connectivity index (χ2n) is 10.5. The molecule has 2 fully saturated rings. The van der Waals surface area contributed by atoms with Gasteiger partial charge in [-0.3, -0.25) is 9.59 Å². The normalized spacial score (nSPS) is 22.5. The second-order valence-corrected chi connectivity index (χ2v) is 11.6. The molecule has 1 saturated carbocycles. The summed E-state index contributed by atoms with van der Waals surface area (Å²) < 4.78 is 11.9. The SMILES string of the molecule is CC(C)Oc1c(N2CCc3nc(-c4ccc(OC5CC(N6CCCCC6)C5)cc4)sc3C2)c(=O)c1=O. The first-order valence-corrected chi connectivity index (χ1v) is 14.0. The van der Waals surface area contributed by atoms with Gasteiger partial charge in [0.05, 0.1) is 18.3 Å². The first kappa shape index (κ1) is 23.7. The molecule has 7 nitrogen and oxygen atoms in total. The molecule has 1 aromatic heterocycles. The first-order valence-electron chi connectivity index (χ1n) is 13.2. The van der Waals surface area contributed by atoms with Crippen molar-refractivity contribution in [2.75, 3.05) is 24.5 Å². The Balaban J connectivity index is 1.08. The van der Waals surface area contributed by atoms with Crippen molar-refractivity contribution in [2.45, 2.75) is 77.2 Å². The fraction of sp³-hybridized carbons (Fsp3) is 0.536. The maximum atomic E-state index is 12.3. The van der Waals surface area contributed by atoms with E-state index in [2.05, 4.69) is 29.2 Å². The van der Waals surface area contributed by atoms with Gasteiger partial charge in [-0.25, -0.2) is 4.98 Å². The van der Waals surface area contributed by atoms with Gasteiger partial charge < -0.3 is 19.3 Å². The van der Waals surface area contributed by atoms with E-state index >= 15 is 0 Å². The predicted octanol–water partition coefficient (Wildman–Crippen LogP) is 4.15. The summed E-state index contributed by atoms with van der Waals surface area (Å²) in [5.41, 5.74) is 1.62. The van der Waals surface area contributed by atoms with E-state index in [4.69, 9.17) is 14.5 Å². The van der Waals surface area contributed by atoms with E-state index in [1.165, 1.54) is 32.4 Å². The Labute approximate surface area is 215 Å². The number of ether oxygens (including phenoxy) is 2. The highest BCUT2D eigenvalue weighted by molar-refractivity contribution is 7.15. The van der Waals surface area contributed by atoms with Gasteiger partial charge in [-0.2, -0.15) is 0 Å². The second kappa shape index (κ2) is 9.63. The summed E-state index contributed by atoms with van der Waals surface area (Å²) in [6, 6.07) is 8.98. The Morgan fingerprint density at radius 3 is 2.47 bits per heavy atom. The number of benzene rings is 1. The molecule has 2 aromatic carbocycles. The predicted molar refractivity (Wildman–Crippen MR) is 142 cm³/mol. The Morgan fingerprint density at radius 2 is 1.75 bits per heavy atom. The number of rotatable bonds is 7. The lowest BCUT2D eigenvalue weighted by Gasteiger charge is -2.44. The van der Waals surface area contributed by atoms with Crippen molar-refractivity contribution < 1.29 is 9.47 Å². The van der Waals surface area contributed by atoms with Crippen molar-refractivity contribution in [1.82, 2.24) is 9.88 Å². The Kier molecular flexibility index (Phi) is 6.33. The quantitative estimate of drug-likeness (QED) is 0.445. The molecule has 1 aliphatic carbocycles. The number of fused-ring (bicyclic) bond motifs is 1. The molecule has 3 aromatic rings. The van der Waals surface area contributed by atoms with Crippen molar-refractivity contribution >= 4 is 17.0 Å². The van der Waals surface area contributed by atoms with Crippen LogP contribution in [0.5, 0.6) is 11.5 Å². The van der Waals surface area contributed by atoms with E-state index in [1.807, 2.05) is 18.7 Å². The van der Waals surface area contributed by atoms with Crippen LogP contribution in [0.4, 0.5) is 5.69 Å². The molecule has 8 heteroatoms. The van der Waals surface area contributed by atoms with E-state index in [-0.39, 0.29) is 11.9 Å². The molecule has 0 amide bonds. The zero-order valence-electron chi connectivity index (χ0n) is 21.0. The minimum absolute atomic E-state index is 0.144. The molecule has 0 spiro atoms. The number of hydrogen-bond donors (Lipinski definition) is 0. The minimum atomic E-state index is -0.513. The number of nitrogens with zero attached hydrogens (tertiary/aromatic N) is 3. The van der Waals surface area contributed by atoms with Gasteiger partial charge in [-0.1, -0.05) is 6.42 Å². The van der Waals surface area contributed by atoms with Crippen molar-refractivity contribution in [1.29, 1.82) is 0 Å². The van der Waals surface area contributed by atoms with Crippen LogP contribution < -0.4 is 25.2 Å². The van der Waals surface area contributed by atoms with Gasteiger partial charge in [0.15, 0.2) is 5.75 Å². The van der Waals surface area contributed by atoms with Crippen molar-refractivity contribution in [3.05, 3.63) is 55.3 Å². The van der Waals surface area contributed by atoms with Gasteiger partial charge in [0.25, 0.3) is 10.9 Å². The zero-order valence-corrected chi connectivity index (χ0v) is 21.8. The molecule has 3 aliphatic rings. The van der Waals surface area contributed by atoms with Crippen molar-refractivity contribution in [2.24, 2.45) is 0 Å². The molecule has 3 heterocycles. The monoisotopic (exact) mass is 507 g/mol. The maximum Gasteiger partial charge on any atom is 0.272 e. The third-order valence-electron chi connectivity index (χ3n) is 7.62. The highest BCUT2D eigenvalue weighted by Gasteiger charge is 2.35. The van der Waals surface area contributed by atoms with E-state index < -0.39 is 10.9 Å². The molecule has 0 atom stereocenters. The molecule has 190 valence electrons. The van der Waals surface area contributed by atoms with Crippen LogP contribution in [0.15, 0.2) is 33.9 Å². The van der Waals surface area contributed by atoms with Crippen LogP contribution in [0.1, 0.15) is 56.5 Å². The average Bonchev–Trinajstić information content (AvgIpc) is 3.29. The van der Waals surface area contributed by atoms with E-state index in [0.717, 1.165) is 46.2 Å². The molecule has 6 rings (SSSR count). The Morgan fingerprint density at radius 1 is 1.00 bits per heavy atom. The standard InChI is InChI=1S/C28H33N3O4S/c1-17(2)34-27-24(25(32)26(27)33)31-13-10-22-23(16-31)36-28(29-22)18-6-8-20(9-7-18)35-21-14-19(15-21)30-11-4-3-5-12-30/h6-9,17,19,21H,3-5,10-16H2,1-2H3.